The standard InChI is InChI=1S/C15H14N8O5S4/c1-28-21-6(9-19-14(16)32-22-9)10(24)18-7-11(25)23-8(13(26)27)5(2-29-12(7)23)3-30-15-20-17-4-31-15/h4,7,12H,2-3H2,1H3,(H,18,24)(H,26,27)(H2,16,19,22)/b21-6+/t7?,12-/m1/s1. The first kappa shape index (κ1) is 22.4. The van der Waals surface area contributed by atoms with E-state index in [-0.39, 0.29) is 22.4 Å². The van der Waals surface area contributed by atoms with Gasteiger partial charge in [-0.25, -0.2) is 4.79 Å². The fourth-order valence-electron chi connectivity index (χ4n) is 2.99. The minimum absolute atomic E-state index is 0.0334. The highest BCUT2D eigenvalue weighted by Gasteiger charge is 2.54. The predicted octanol–water partition coefficient (Wildman–Crippen LogP) is -0.147. The van der Waals surface area contributed by atoms with Gasteiger partial charge in [-0.05, 0) is 5.57 Å². The van der Waals surface area contributed by atoms with Crippen LogP contribution in [0.25, 0.3) is 0 Å². The third kappa shape index (κ3) is 4.27. The van der Waals surface area contributed by atoms with E-state index in [2.05, 4.69) is 34.9 Å². The van der Waals surface area contributed by atoms with Crippen LogP contribution in [0.4, 0.5) is 5.13 Å². The molecule has 0 saturated carbocycles. The summed E-state index contributed by atoms with van der Waals surface area (Å²) in [7, 11) is 1.25. The number of carbonyl (C=O) groups is 3. The number of oxime groups is 1. The van der Waals surface area contributed by atoms with Gasteiger partial charge in [-0.2, -0.15) is 9.36 Å². The van der Waals surface area contributed by atoms with Gasteiger partial charge in [-0.15, -0.1) is 22.0 Å². The molecule has 17 heteroatoms. The maximum atomic E-state index is 12.8. The van der Waals surface area contributed by atoms with Gasteiger partial charge in [0, 0.05) is 23.0 Å². The topological polar surface area (TPSA) is 186 Å². The zero-order valence-electron chi connectivity index (χ0n) is 16.1. The molecule has 4 heterocycles. The molecule has 2 aliphatic rings. The van der Waals surface area contributed by atoms with Crippen LogP contribution in [-0.4, -0.2) is 83.1 Å². The average molecular weight is 515 g/mol. The molecule has 0 aliphatic carbocycles. The lowest BCUT2D eigenvalue weighted by molar-refractivity contribution is -0.150. The Morgan fingerprint density at radius 2 is 2.31 bits per heavy atom. The number of nitrogens with zero attached hydrogens (tertiary/aromatic N) is 6. The minimum atomic E-state index is -1.20. The number of carboxylic acid groups (broad SMARTS) is 1. The number of β-lactam (4-membered cyclic amide) rings is 1. The molecular formula is C15H14N8O5S4. The number of anilines is 1. The average Bonchev–Trinajstić information content (AvgIpc) is 3.45. The van der Waals surface area contributed by atoms with Crippen molar-refractivity contribution < 1.29 is 24.3 Å². The molecule has 0 bridgehead atoms. The number of nitrogens with one attached hydrogen (secondary N) is 1. The van der Waals surface area contributed by atoms with E-state index in [0.717, 1.165) is 11.5 Å². The summed E-state index contributed by atoms with van der Waals surface area (Å²) in [6.45, 7) is 0. The molecule has 2 aliphatic heterocycles. The number of rotatable bonds is 8. The van der Waals surface area contributed by atoms with Crippen LogP contribution in [-0.2, 0) is 19.2 Å². The molecule has 2 atom stereocenters. The Labute approximate surface area is 196 Å². The summed E-state index contributed by atoms with van der Waals surface area (Å²) in [6, 6.07) is -0.933. The molecular weight excluding hydrogens is 500 g/mol. The van der Waals surface area contributed by atoms with Crippen LogP contribution >= 0.6 is 46.4 Å². The Bertz CT molecular complexity index is 1120. The quantitative estimate of drug-likeness (QED) is 0.183. The van der Waals surface area contributed by atoms with E-state index in [0.29, 0.717) is 21.4 Å². The van der Waals surface area contributed by atoms with Crippen LogP contribution in [0.3, 0.4) is 0 Å². The molecule has 2 aromatic heterocycles. The van der Waals surface area contributed by atoms with Gasteiger partial charge in [-0.1, -0.05) is 28.3 Å². The van der Waals surface area contributed by atoms with Crippen LogP contribution in [0.2, 0.25) is 0 Å². The number of carbonyl (C=O) groups excluding carboxylic acids is 2. The number of amides is 2. The summed E-state index contributed by atoms with van der Waals surface area (Å²) in [5, 5.41) is 23.2. The van der Waals surface area contributed by atoms with Crippen LogP contribution in [0.1, 0.15) is 5.82 Å². The second-order valence-corrected chi connectivity index (χ2v) is 10.1. The zero-order valence-corrected chi connectivity index (χ0v) is 19.4. The molecule has 1 fully saturated rings. The molecule has 168 valence electrons. The van der Waals surface area contributed by atoms with Gasteiger partial charge >= 0.3 is 5.97 Å². The van der Waals surface area contributed by atoms with Crippen molar-refractivity contribution in [3.8, 4) is 0 Å². The van der Waals surface area contributed by atoms with Crippen LogP contribution in [0, 0.1) is 0 Å². The van der Waals surface area contributed by atoms with Crippen molar-refractivity contribution in [3.05, 3.63) is 22.6 Å². The molecule has 13 nitrogen and oxygen atoms in total. The number of thioether (sulfide) groups is 2. The van der Waals surface area contributed by atoms with E-state index >= 15 is 0 Å². The molecule has 1 saturated heterocycles. The summed E-state index contributed by atoms with van der Waals surface area (Å²) >= 11 is 4.94. The van der Waals surface area contributed by atoms with E-state index in [4.69, 9.17) is 5.73 Å². The van der Waals surface area contributed by atoms with Crippen LogP contribution < -0.4 is 11.1 Å². The number of aromatic nitrogens is 4. The zero-order chi connectivity index (χ0) is 22.8. The van der Waals surface area contributed by atoms with Gasteiger partial charge in [0.2, 0.25) is 11.5 Å². The Hall–Kier alpha value is -2.76. The van der Waals surface area contributed by atoms with E-state index in [1.54, 1.807) is 5.51 Å². The Morgan fingerprint density at radius 3 is 2.94 bits per heavy atom. The fraction of sp³-hybridized carbons (Fsp3) is 0.333. The molecule has 0 aromatic carbocycles. The molecule has 1 unspecified atom stereocenters. The largest absolute Gasteiger partial charge is 0.477 e. The molecule has 4 N–H and O–H groups in total. The maximum absolute atomic E-state index is 12.8. The van der Waals surface area contributed by atoms with Gasteiger partial charge in [0.15, 0.2) is 9.47 Å². The first-order chi connectivity index (χ1) is 15.4. The minimum Gasteiger partial charge on any atom is -0.477 e. The number of nitrogen functional groups attached to an aromatic ring is 1. The summed E-state index contributed by atoms with van der Waals surface area (Å²) < 4.78 is 4.64. The second-order valence-electron chi connectivity index (χ2n) is 6.19. The Balaban J connectivity index is 1.49. The van der Waals surface area contributed by atoms with Crippen molar-refractivity contribution >= 4 is 75.0 Å². The van der Waals surface area contributed by atoms with Gasteiger partial charge in [0.25, 0.3) is 11.8 Å². The highest BCUT2D eigenvalue weighted by Crippen LogP contribution is 2.41. The van der Waals surface area contributed by atoms with E-state index in [9.17, 15) is 19.5 Å². The number of aliphatic carboxylic acids is 1. The molecule has 2 aromatic rings. The first-order valence-corrected chi connectivity index (χ1v) is 12.4. The number of nitrogens with two attached hydrogens (primary N) is 1. The maximum Gasteiger partial charge on any atom is 0.352 e. The lowest BCUT2D eigenvalue weighted by atomic mass is 10.0. The Kier molecular flexibility index (Phi) is 6.58. The second kappa shape index (κ2) is 9.39. The van der Waals surface area contributed by atoms with Crippen molar-refractivity contribution in [3.63, 3.8) is 0 Å². The Morgan fingerprint density at radius 1 is 1.50 bits per heavy atom. The third-order valence-electron chi connectivity index (χ3n) is 4.30. The number of hydrogen-bond donors (Lipinski definition) is 3. The summed E-state index contributed by atoms with van der Waals surface area (Å²) in [4.78, 5) is 47.2. The highest BCUT2D eigenvalue weighted by molar-refractivity contribution is 8.01. The van der Waals surface area contributed by atoms with Crippen molar-refractivity contribution in [1.29, 1.82) is 0 Å². The summed E-state index contributed by atoms with van der Waals surface area (Å²) in [5.41, 5.74) is 7.43. The number of fused-ring (bicyclic) bond motifs is 1. The van der Waals surface area contributed by atoms with Gasteiger partial charge in [0.1, 0.15) is 29.7 Å². The van der Waals surface area contributed by atoms with E-state index in [1.165, 1.54) is 46.9 Å². The van der Waals surface area contributed by atoms with Gasteiger partial charge < -0.3 is 21.0 Å². The van der Waals surface area contributed by atoms with E-state index in [1.807, 2.05) is 0 Å². The van der Waals surface area contributed by atoms with Gasteiger partial charge in [0.05, 0.1) is 0 Å². The lowest BCUT2D eigenvalue weighted by Gasteiger charge is -2.49. The molecule has 0 radical (unpaired) electrons. The molecule has 2 amide bonds. The van der Waals surface area contributed by atoms with Crippen LogP contribution in [0.15, 0.2) is 26.3 Å². The number of hydrogen-bond acceptors (Lipinski definition) is 14. The first-order valence-electron chi connectivity index (χ1n) is 8.71. The molecule has 4 rings (SSSR count). The summed E-state index contributed by atoms with van der Waals surface area (Å²) in [6.07, 6.45) is 0. The monoisotopic (exact) mass is 514 g/mol. The van der Waals surface area contributed by atoms with E-state index < -0.39 is 29.2 Å². The number of carboxylic acids is 1. The third-order valence-corrected chi connectivity index (χ3v) is 8.13. The fourth-order valence-corrected chi connectivity index (χ4v) is 6.39. The van der Waals surface area contributed by atoms with Crippen molar-refractivity contribution in [1.82, 2.24) is 29.8 Å². The lowest BCUT2D eigenvalue weighted by Crippen LogP contribution is -2.71. The predicted molar refractivity (Wildman–Crippen MR) is 118 cm³/mol. The summed E-state index contributed by atoms with van der Waals surface area (Å²) in [5.74, 6) is -1.76. The van der Waals surface area contributed by atoms with Crippen molar-refractivity contribution in [2.45, 2.75) is 15.8 Å². The normalized spacial score (nSPS) is 20.6. The smallest absolute Gasteiger partial charge is 0.352 e. The van der Waals surface area contributed by atoms with Gasteiger partial charge in [-0.3, -0.25) is 14.5 Å². The highest BCUT2D eigenvalue weighted by atomic mass is 32.2. The SMILES string of the molecule is CO/N=C(/C(=O)NC1C(=O)N2C(C(=O)O)=C(CSc3nncs3)CS[C@H]12)c1nsc(N)n1. The molecule has 0 spiro atoms. The van der Waals surface area contributed by atoms with Crippen molar-refractivity contribution in [2.24, 2.45) is 5.16 Å². The van der Waals surface area contributed by atoms with Crippen molar-refractivity contribution in [2.75, 3.05) is 24.3 Å². The molecule has 32 heavy (non-hydrogen) atoms. The van der Waals surface area contributed by atoms with Crippen LogP contribution in [0.5, 0.6) is 0 Å².